The summed E-state index contributed by atoms with van der Waals surface area (Å²) in [5.74, 6) is 0.165. The van der Waals surface area contributed by atoms with E-state index >= 15 is 0 Å². The van der Waals surface area contributed by atoms with Crippen LogP contribution < -0.4 is 5.73 Å². The van der Waals surface area contributed by atoms with E-state index in [1.807, 2.05) is 4.90 Å². The lowest BCUT2D eigenvalue weighted by molar-refractivity contribution is -0.129. The van der Waals surface area contributed by atoms with Crippen molar-refractivity contribution in [3.8, 4) is 0 Å². The highest BCUT2D eigenvalue weighted by atomic mass is 32.2. The van der Waals surface area contributed by atoms with Crippen LogP contribution in [0.25, 0.3) is 0 Å². The molecule has 1 aliphatic rings. The maximum atomic E-state index is 12.9. The van der Waals surface area contributed by atoms with Crippen molar-refractivity contribution in [2.24, 2.45) is 0 Å². The maximum absolute atomic E-state index is 12.9. The summed E-state index contributed by atoms with van der Waals surface area (Å²) in [6.45, 7) is 1.72. The van der Waals surface area contributed by atoms with Crippen LogP contribution in [0.3, 0.4) is 0 Å². The minimum atomic E-state index is -0.348. The molecule has 2 N–H and O–H groups in total. The molecule has 1 aliphatic heterocycles. The standard InChI is InChI=1S/C13H17FN2OS/c14-10-4-5-12(11(15)8-10)18-9-13(17)16-6-2-1-3-7-16/h4-5,8H,1-3,6-7,9,15H2. The fraction of sp³-hybridized carbons (Fsp3) is 0.462. The summed E-state index contributed by atoms with van der Waals surface area (Å²) in [6.07, 6.45) is 3.39. The second kappa shape index (κ2) is 6.09. The minimum Gasteiger partial charge on any atom is -0.398 e. The first-order valence-electron chi connectivity index (χ1n) is 6.12. The summed E-state index contributed by atoms with van der Waals surface area (Å²) in [4.78, 5) is 14.6. The molecular weight excluding hydrogens is 251 g/mol. The zero-order valence-corrected chi connectivity index (χ0v) is 11.0. The summed E-state index contributed by atoms with van der Waals surface area (Å²) < 4.78 is 12.9. The highest BCUT2D eigenvalue weighted by molar-refractivity contribution is 8.00. The number of likely N-dealkylation sites (tertiary alicyclic amines) is 1. The number of rotatable bonds is 3. The van der Waals surface area contributed by atoms with Crippen LogP contribution in [0.4, 0.5) is 10.1 Å². The molecule has 0 bridgehead atoms. The number of carbonyl (C=O) groups excluding carboxylic acids is 1. The first-order valence-corrected chi connectivity index (χ1v) is 7.11. The Labute approximate surface area is 111 Å². The van der Waals surface area contributed by atoms with Gasteiger partial charge in [-0.2, -0.15) is 0 Å². The second-order valence-corrected chi connectivity index (χ2v) is 5.43. The van der Waals surface area contributed by atoms with E-state index in [2.05, 4.69) is 0 Å². The van der Waals surface area contributed by atoms with Gasteiger partial charge in [-0.05, 0) is 37.5 Å². The van der Waals surface area contributed by atoms with Gasteiger partial charge in [0.1, 0.15) is 5.82 Å². The average Bonchev–Trinajstić information content (AvgIpc) is 2.38. The molecule has 0 radical (unpaired) electrons. The van der Waals surface area contributed by atoms with Crippen molar-refractivity contribution in [2.75, 3.05) is 24.6 Å². The maximum Gasteiger partial charge on any atom is 0.232 e. The summed E-state index contributed by atoms with van der Waals surface area (Å²) in [5.41, 5.74) is 6.10. The number of piperidine rings is 1. The molecule has 0 spiro atoms. The summed E-state index contributed by atoms with van der Waals surface area (Å²) in [5, 5.41) is 0. The van der Waals surface area contributed by atoms with E-state index in [-0.39, 0.29) is 11.7 Å². The Morgan fingerprint density at radius 1 is 1.33 bits per heavy atom. The molecular formula is C13H17FN2OS. The lowest BCUT2D eigenvalue weighted by atomic mass is 10.1. The van der Waals surface area contributed by atoms with Crippen LogP contribution in [0, 0.1) is 5.82 Å². The van der Waals surface area contributed by atoms with Crippen LogP contribution in [-0.2, 0) is 4.79 Å². The topological polar surface area (TPSA) is 46.3 Å². The Morgan fingerprint density at radius 3 is 2.72 bits per heavy atom. The van der Waals surface area contributed by atoms with Crippen molar-refractivity contribution in [3.05, 3.63) is 24.0 Å². The molecule has 0 aromatic heterocycles. The third-order valence-electron chi connectivity index (χ3n) is 3.03. The quantitative estimate of drug-likeness (QED) is 0.677. The van der Waals surface area contributed by atoms with Gasteiger partial charge in [-0.15, -0.1) is 11.8 Å². The molecule has 0 atom stereocenters. The molecule has 0 aliphatic carbocycles. The van der Waals surface area contributed by atoms with E-state index in [1.54, 1.807) is 6.07 Å². The van der Waals surface area contributed by atoms with Crippen molar-refractivity contribution in [1.82, 2.24) is 4.90 Å². The number of hydrogen-bond acceptors (Lipinski definition) is 3. The van der Waals surface area contributed by atoms with Crippen LogP contribution in [0.5, 0.6) is 0 Å². The monoisotopic (exact) mass is 268 g/mol. The van der Waals surface area contributed by atoms with Crippen molar-refractivity contribution in [3.63, 3.8) is 0 Å². The zero-order valence-electron chi connectivity index (χ0n) is 10.2. The van der Waals surface area contributed by atoms with Crippen molar-refractivity contribution in [2.45, 2.75) is 24.2 Å². The second-order valence-electron chi connectivity index (χ2n) is 4.41. The van der Waals surface area contributed by atoms with Crippen molar-refractivity contribution >= 4 is 23.4 Å². The zero-order chi connectivity index (χ0) is 13.0. The number of nitrogen functional groups attached to an aromatic ring is 1. The van der Waals surface area contributed by atoms with Gasteiger partial charge >= 0.3 is 0 Å². The highest BCUT2D eigenvalue weighted by Gasteiger charge is 2.16. The van der Waals surface area contributed by atoms with Crippen LogP contribution in [0.2, 0.25) is 0 Å². The number of anilines is 1. The van der Waals surface area contributed by atoms with Gasteiger partial charge in [-0.3, -0.25) is 4.79 Å². The average molecular weight is 268 g/mol. The number of benzene rings is 1. The number of hydrogen-bond donors (Lipinski definition) is 1. The van der Waals surface area contributed by atoms with E-state index in [9.17, 15) is 9.18 Å². The number of amides is 1. The molecule has 1 aromatic carbocycles. The molecule has 2 rings (SSSR count). The lowest BCUT2D eigenvalue weighted by Crippen LogP contribution is -2.36. The molecule has 3 nitrogen and oxygen atoms in total. The van der Waals surface area contributed by atoms with Gasteiger partial charge in [-0.1, -0.05) is 0 Å². The van der Waals surface area contributed by atoms with Gasteiger partial charge in [-0.25, -0.2) is 4.39 Å². The fourth-order valence-electron chi connectivity index (χ4n) is 2.02. The van der Waals surface area contributed by atoms with Gasteiger partial charge < -0.3 is 10.6 Å². The molecule has 1 heterocycles. The predicted molar refractivity (Wildman–Crippen MR) is 72.0 cm³/mol. The third-order valence-corrected chi connectivity index (χ3v) is 4.11. The normalized spacial score (nSPS) is 15.7. The van der Waals surface area contributed by atoms with Crippen LogP contribution in [-0.4, -0.2) is 29.6 Å². The summed E-state index contributed by atoms with van der Waals surface area (Å²) >= 11 is 1.37. The summed E-state index contributed by atoms with van der Waals surface area (Å²) in [7, 11) is 0. The van der Waals surface area contributed by atoms with Crippen molar-refractivity contribution < 1.29 is 9.18 Å². The molecule has 1 aromatic rings. The molecule has 1 amide bonds. The van der Waals surface area contributed by atoms with Gasteiger partial charge in [0.2, 0.25) is 5.91 Å². The minimum absolute atomic E-state index is 0.142. The Hall–Kier alpha value is -1.23. The first kappa shape index (κ1) is 13.2. The molecule has 5 heteroatoms. The van der Waals surface area contributed by atoms with Crippen molar-refractivity contribution in [1.29, 1.82) is 0 Å². The Kier molecular flexibility index (Phi) is 4.47. The van der Waals surface area contributed by atoms with E-state index < -0.39 is 0 Å². The van der Waals surface area contributed by atoms with E-state index in [0.717, 1.165) is 30.8 Å². The van der Waals surface area contributed by atoms with Gasteiger partial charge in [0, 0.05) is 23.7 Å². The fourth-order valence-corrected chi connectivity index (χ4v) is 2.88. The smallest absolute Gasteiger partial charge is 0.232 e. The molecule has 1 fully saturated rings. The molecule has 1 saturated heterocycles. The van der Waals surface area contributed by atoms with Gasteiger partial charge in [0.05, 0.1) is 5.75 Å². The first-order chi connectivity index (χ1) is 8.66. The van der Waals surface area contributed by atoms with Gasteiger partial charge in [0.15, 0.2) is 0 Å². The van der Waals surface area contributed by atoms with Gasteiger partial charge in [0.25, 0.3) is 0 Å². The SMILES string of the molecule is Nc1cc(F)ccc1SCC(=O)N1CCCCC1. The van der Waals surface area contributed by atoms with Crippen LogP contribution in [0.15, 0.2) is 23.1 Å². The lowest BCUT2D eigenvalue weighted by Gasteiger charge is -2.26. The number of thioether (sulfide) groups is 1. The Balaban J connectivity index is 1.88. The summed E-state index contributed by atoms with van der Waals surface area (Å²) in [6, 6.07) is 4.27. The number of carbonyl (C=O) groups is 1. The van der Waals surface area contributed by atoms with Crippen LogP contribution in [0.1, 0.15) is 19.3 Å². The highest BCUT2D eigenvalue weighted by Crippen LogP contribution is 2.26. The van der Waals surface area contributed by atoms with Crippen LogP contribution >= 0.6 is 11.8 Å². The molecule has 0 unspecified atom stereocenters. The van der Waals surface area contributed by atoms with E-state index in [0.29, 0.717) is 11.4 Å². The number of nitrogens with two attached hydrogens (primary N) is 1. The third kappa shape index (κ3) is 3.38. The number of halogens is 1. The predicted octanol–water partition coefficient (Wildman–Crippen LogP) is 2.51. The van der Waals surface area contributed by atoms with E-state index in [1.165, 1.54) is 30.3 Å². The largest absolute Gasteiger partial charge is 0.398 e. The molecule has 98 valence electrons. The molecule has 0 saturated carbocycles. The Bertz CT molecular complexity index is 433. The number of nitrogens with zero attached hydrogens (tertiary/aromatic N) is 1. The molecule has 18 heavy (non-hydrogen) atoms. The van der Waals surface area contributed by atoms with E-state index in [4.69, 9.17) is 5.73 Å². The Morgan fingerprint density at radius 2 is 2.06 bits per heavy atom.